The van der Waals surface area contributed by atoms with Crippen molar-refractivity contribution < 1.29 is 19.7 Å². The first-order chi connectivity index (χ1) is 18.9. The van der Waals surface area contributed by atoms with E-state index >= 15 is 0 Å². The highest BCUT2D eigenvalue weighted by Crippen LogP contribution is 2.45. The zero-order valence-corrected chi connectivity index (χ0v) is 25.7. The molecule has 216 valence electrons. The lowest BCUT2D eigenvalue weighted by Crippen LogP contribution is -2.28. The maximum absolute atomic E-state index is 14.2. The van der Waals surface area contributed by atoms with Crippen molar-refractivity contribution in [3.05, 3.63) is 124 Å². The first-order valence-electron chi connectivity index (χ1n) is 14.1. The van der Waals surface area contributed by atoms with Crippen molar-refractivity contribution in [3.63, 3.8) is 0 Å². The summed E-state index contributed by atoms with van der Waals surface area (Å²) in [7, 11) is 0. The molecule has 4 rings (SSSR count). The van der Waals surface area contributed by atoms with Gasteiger partial charge in [-0.15, -0.1) is 0 Å². The van der Waals surface area contributed by atoms with Gasteiger partial charge >= 0.3 is 0 Å². The Kier molecular flexibility index (Phi) is 7.54. The van der Waals surface area contributed by atoms with E-state index in [1.165, 1.54) is 12.1 Å². The minimum absolute atomic E-state index is 0.264. The van der Waals surface area contributed by atoms with Gasteiger partial charge in [0.2, 0.25) is 0 Å². The van der Waals surface area contributed by atoms with Crippen LogP contribution in [-0.4, -0.2) is 15.3 Å². The molecule has 0 fully saturated rings. The lowest BCUT2D eigenvalue weighted by Gasteiger charge is -2.35. The number of benzene rings is 4. The van der Waals surface area contributed by atoms with Crippen LogP contribution in [0.2, 0.25) is 0 Å². The molecule has 0 atom stereocenters. The second-order valence-electron chi connectivity index (χ2n) is 14.0. The summed E-state index contributed by atoms with van der Waals surface area (Å²) in [6.07, 6.45) is 0. The number of hydrogen-bond acceptors (Lipinski definition) is 3. The van der Waals surface area contributed by atoms with Gasteiger partial charge in [0.1, 0.15) is 11.5 Å². The molecular formula is C37H43FO3. The minimum atomic E-state index is -0.635. The normalized spacial score (nSPS) is 12.9. The molecule has 0 saturated heterocycles. The molecular weight excluding hydrogens is 511 g/mol. The fourth-order valence-electron chi connectivity index (χ4n) is 5.68. The SMILES string of the molecule is CC(C)(C)c1cc(C(C)(c2ccc(C(C)(C)c3ccc(O)c(F)c3)cc2)c2ccc(O)c(C(C)(C)C)c2)ccc1O. The number of halogens is 1. The van der Waals surface area contributed by atoms with Gasteiger partial charge in [0, 0.05) is 10.8 Å². The molecule has 4 heteroatoms. The predicted octanol–water partition coefficient (Wildman–Crippen LogP) is 9.22. The maximum atomic E-state index is 14.2. The second-order valence-corrected chi connectivity index (χ2v) is 14.0. The Morgan fingerprint density at radius 3 is 1.22 bits per heavy atom. The van der Waals surface area contributed by atoms with Crippen molar-refractivity contribution in [2.45, 2.75) is 84.0 Å². The molecule has 0 unspecified atom stereocenters. The van der Waals surface area contributed by atoms with Crippen LogP contribution in [0.15, 0.2) is 78.9 Å². The van der Waals surface area contributed by atoms with Gasteiger partial charge in [-0.2, -0.15) is 0 Å². The Labute approximate surface area is 244 Å². The molecule has 0 heterocycles. The van der Waals surface area contributed by atoms with Crippen LogP contribution in [0, 0.1) is 5.82 Å². The van der Waals surface area contributed by atoms with Gasteiger partial charge in [0.15, 0.2) is 11.6 Å². The summed E-state index contributed by atoms with van der Waals surface area (Å²) in [5.74, 6) is -0.461. The van der Waals surface area contributed by atoms with Crippen LogP contribution in [0.5, 0.6) is 17.2 Å². The Bertz CT molecular complexity index is 1500. The van der Waals surface area contributed by atoms with Crippen LogP contribution in [0.1, 0.15) is 101 Å². The molecule has 4 aromatic rings. The highest BCUT2D eigenvalue weighted by molar-refractivity contribution is 5.56. The zero-order valence-electron chi connectivity index (χ0n) is 25.7. The fraction of sp³-hybridized carbons (Fsp3) is 0.351. The highest BCUT2D eigenvalue weighted by Gasteiger charge is 2.35. The van der Waals surface area contributed by atoms with Crippen LogP contribution in [-0.2, 0) is 21.7 Å². The van der Waals surface area contributed by atoms with Crippen molar-refractivity contribution in [2.75, 3.05) is 0 Å². The Balaban J connectivity index is 1.93. The van der Waals surface area contributed by atoms with Gasteiger partial charge in [-0.3, -0.25) is 0 Å². The summed E-state index contributed by atoms with van der Waals surface area (Å²) in [4.78, 5) is 0. The Hall–Kier alpha value is -3.79. The Morgan fingerprint density at radius 1 is 0.439 bits per heavy atom. The van der Waals surface area contributed by atoms with Gasteiger partial charge in [-0.25, -0.2) is 4.39 Å². The summed E-state index contributed by atoms with van der Waals surface area (Å²) in [6.45, 7) is 18.8. The summed E-state index contributed by atoms with van der Waals surface area (Å²) in [6, 6.07) is 24.6. The number of phenols is 3. The predicted molar refractivity (Wildman–Crippen MR) is 166 cm³/mol. The molecule has 3 nitrogen and oxygen atoms in total. The standard InChI is InChI=1S/C37H43FO3/c1-34(2,3)28-20-26(15-17-31(28)39)37(9,27-16-18-32(40)29(21-27)35(4,5)6)24-12-10-23(11-13-24)36(7,8)25-14-19-33(41)30(38)22-25/h10-22,39-41H,1-9H3. The van der Waals surface area contributed by atoms with Crippen LogP contribution in [0.4, 0.5) is 4.39 Å². The summed E-state index contributed by atoms with van der Waals surface area (Å²) < 4.78 is 14.2. The molecule has 0 radical (unpaired) electrons. The van der Waals surface area contributed by atoms with Crippen molar-refractivity contribution in [1.82, 2.24) is 0 Å². The molecule has 4 aromatic carbocycles. The molecule has 3 N–H and O–H groups in total. The third kappa shape index (κ3) is 5.57. The third-order valence-electron chi connectivity index (χ3n) is 8.62. The van der Waals surface area contributed by atoms with Gasteiger partial charge in [-0.05, 0) is 81.0 Å². The van der Waals surface area contributed by atoms with Gasteiger partial charge in [0.05, 0.1) is 0 Å². The fourth-order valence-corrected chi connectivity index (χ4v) is 5.68. The first kappa shape index (κ1) is 30.2. The smallest absolute Gasteiger partial charge is 0.165 e. The number of hydrogen-bond donors (Lipinski definition) is 3. The van der Waals surface area contributed by atoms with E-state index < -0.39 is 16.6 Å². The van der Waals surface area contributed by atoms with E-state index in [2.05, 4.69) is 84.9 Å². The third-order valence-corrected chi connectivity index (χ3v) is 8.62. The topological polar surface area (TPSA) is 60.7 Å². The Morgan fingerprint density at radius 2 is 0.805 bits per heavy atom. The molecule has 41 heavy (non-hydrogen) atoms. The van der Waals surface area contributed by atoms with Crippen LogP contribution in [0.3, 0.4) is 0 Å². The molecule has 0 spiro atoms. The summed E-state index contributed by atoms with van der Waals surface area (Å²) in [5.41, 5.74) is 4.96. The highest BCUT2D eigenvalue weighted by atomic mass is 19.1. The monoisotopic (exact) mass is 554 g/mol. The van der Waals surface area contributed by atoms with Crippen LogP contribution < -0.4 is 0 Å². The molecule has 0 saturated carbocycles. The summed E-state index contributed by atoms with van der Waals surface area (Å²) >= 11 is 0. The van der Waals surface area contributed by atoms with Crippen molar-refractivity contribution in [1.29, 1.82) is 0 Å². The quantitative estimate of drug-likeness (QED) is 0.216. The van der Waals surface area contributed by atoms with Gasteiger partial charge in [-0.1, -0.05) is 110 Å². The first-order valence-corrected chi connectivity index (χ1v) is 14.1. The molecule has 0 aliphatic heterocycles. The van der Waals surface area contributed by atoms with E-state index in [4.69, 9.17) is 0 Å². The number of aromatic hydroxyl groups is 3. The van der Waals surface area contributed by atoms with E-state index in [0.29, 0.717) is 0 Å². The molecule has 0 aliphatic carbocycles. The number of rotatable bonds is 5. The maximum Gasteiger partial charge on any atom is 0.165 e. The van der Waals surface area contributed by atoms with Crippen molar-refractivity contribution >= 4 is 0 Å². The lowest BCUT2D eigenvalue weighted by atomic mass is 9.68. The minimum Gasteiger partial charge on any atom is -0.508 e. The van der Waals surface area contributed by atoms with Gasteiger partial charge in [0.25, 0.3) is 0 Å². The average Bonchev–Trinajstić information content (AvgIpc) is 2.89. The van der Waals surface area contributed by atoms with E-state index in [0.717, 1.165) is 38.9 Å². The van der Waals surface area contributed by atoms with E-state index in [1.807, 2.05) is 26.0 Å². The van der Waals surface area contributed by atoms with Gasteiger partial charge < -0.3 is 15.3 Å². The van der Waals surface area contributed by atoms with Crippen molar-refractivity contribution in [2.24, 2.45) is 0 Å². The van der Waals surface area contributed by atoms with Crippen molar-refractivity contribution in [3.8, 4) is 17.2 Å². The van der Waals surface area contributed by atoms with E-state index in [9.17, 15) is 19.7 Å². The van der Waals surface area contributed by atoms with Crippen LogP contribution in [0.25, 0.3) is 0 Å². The lowest BCUT2D eigenvalue weighted by molar-refractivity contribution is 0.430. The molecule has 0 bridgehead atoms. The summed E-state index contributed by atoms with van der Waals surface area (Å²) in [5, 5.41) is 31.2. The molecule has 0 amide bonds. The second kappa shape index (κ2) is 10.2. The largest absolute Gasteiger partial charge is 0.508 e. The zero-order chi connectivity index (χ0) is 30.5. The van der Waals surface area contributed by atoms with Crippen LogP contribution >= 0.6 is 0 Å². The molecule has 0 aliphatic rings. The van der Waals surface area contributed by atoms with E-state index in [-0.39, 0.29) is 28.1 Å². The number of phenolic OH excluding ortho intramolecular Hbond substituents is 3. The van der Waals surface area contributed by atoms with E-state index in [1.54, 1.807) is 18.2 Å². The average molecular weight is 555 g/mol. The molecule has 0 aromatic heterocycles.